The van der Waals surface area contributed by atoms with Crippen molar-refractivity contribution < 1.29 is 29.0 Å². The predicted molar refractivity (Wildman–Crippen MR) is 134 cm³/mol. The van der Waals surface area contributed by atoms with Crippen molar-refractivity contribution in [2.75, 3.05) is 13.7 Å². The number of esters is 1. The third kappa shape index (κ3) is 5.10. The van der Waals surface area contributed by atoms with Gasteiger partial charge in [0.2, 0.25) is 0 Å². The number of benzene rings is 3. The van der Waals surface area contributed by atoms with E-state index in [1.54, 1.807) is 13.8 Å². The predicted octanol–water partition coefficient (Wildman–Crippen LogP) is 5.19. The van der Waals surface area contributed by atoms with Crippen LogP contribution in [0.5, 0.6) is 0 Å². The Morgan fingerprint density at radius 1 is 0.889 bits per heavy atom. The topological polar surface area (TPSA) is 93.1 Å². The third-order valence-corrected chi connectivity index (χ3v) is 6.56. The van der Waals surface area contributed by atoms with Crippen LogP contribution < -0.4 is 0 Å². The molecule has 0 aliphatic heterocycles. The molecule has 0 bridgehead atoms. The van der Waals surface area contributed by atoms with E-state index in [4.69, 9.17) is 9.47 Å². The average molecular weight is 488 g/mol. The first kappa shape index (κ1) is 25.0. The average Bonchev–Trinajstić information content (AvgIpc) is 3.19. The van der Waals surface area contributed by atoms with Crippen LogP contribution in [0, 0.1) is 0 Å². The molecule has 4 rings (SSSR count). The smallest absolute Gasteiger partial charge is 0.410 e. The highest BCUT2D eigenvalue weighted by Crippen LogP contribution is 2.44. The molecular formula is C29H29NO6. The van der Waals surface area contributed by atoms with Crippen molar-refractivity contribution in [1.82, 2.24) is 4.90 Å². The molecule has 0 spiro atoms. The normalized spacial score (nSPS) is 13.3. The zero-order valence-electron chi connectivity index (χ0n) is 20.5. The molecule has 1 aliphatic rings. The summed E-state index contributed by atoms with van der Waals surface area (Å²) in [6, 6.07) is 23.7. The minimum absolute atomic E-state index is 0.0571. The van der Waals surface area contributed by atoms with E-state index in [0.29, 0.717) is 0 Å². The first-order valence-corrected chi connectivity index (χ1v) is 11.8. The molecule has 36 heavy (non-hydrogen) atoms. The Morgan fingerprint density at radius 3 is 1.97 bits per heavy atom. The Balaban J connectivity index is 1.48. The number of aliphatic carboxylic acids is 1. The Bertz CT molecular complexity index is 1220. The summed E-state index contributed by atoms with van der Waals surface area (Å²) in [6.45, 7) is 3.48. The number of hydrogen-bond acceptors (Lipinski definition) is 5. The van der Waals surface area contributed by atoms with Crippen molar-refractivity contribution >= 4 is 18.0 Å². The van der Waals surface area contributed by atoms with Gasteiger partial charge in [-0.15, -0.1) is 0 Å². The lowest BCUT2D eigenvalue weighted by molar-refractivity contribution is -0.165. The van der Waals surface area contributed by atoms with Crippen LogP contribution in [-0.2, 0) is 24.7 Å². The molecule has 7 nitrogen and oxygen atoms in total. The minimum atomic E-state index is -1.35. The quantitative estimate of drug-likeness (QED) is 0.440. The number of ether oxygens (including phenoxy) is 2. The Kier molecular flexibility index (Phi) is 7.10. The van der Waals surface area contributed by atoms with Gasteiger partial charge in [0, 0.05) is 13.0 Å². The van der Waals surface area contributed by atoms with Gasteiger partial charge in [-0.2, -0.15) is 0 Å². The Labute approximate surface area is 210 Å². The van der Waals surface area contributed by atoms with Gasteiger partial charge in [0.25, 0.3) is 0 Å². The molecule has 3 aromatic rings. The number of likely N-dealkylation sites (N-methyl/N-ethyl adjacent to an activating group) is 1. The molecule has 0 radical (unpaired) electrons. The van der Waals surface area contributed by atoms with Crippen molar-refractivity contribution in [3.05, 3.63) is 95.6 Å². The Hall–Kier alpha value is -4.13. The molecule has 1 atom stereocenters. The van der Waals surface area contributed by atoms with Gasteiger partial charge in [-0.05, 0) is 41.7 Å². The summed E-state index contributed by atoms with van der Waals surface area (Å²) in [6.07, 6.45) is -1.40. The number of carboxylic acid groups (broad SMARTS) is 1. The molecule has 3 aromatic carbocycles. The van der Waals surface area contributed by atoms with Crippen LogP contribution in [0.15, 0.2) is 78.9 Å². The minimum Gasteiger partial charge on any atom is -0.481 e. The van der Waals surface area contributed by atoms with Gasteiger partial charge in [0.1, 0.15) is 18.2 Å². The fourth-order valence-corrected chi connectivity index (χ4v) is 4.58. The highest BCUT2D eigenvalue weighted by atomic mass is 16.6. The zero-order valence-corrected chi connectivity index (χ0v) is 20.5. The van der Waals surface area contributed by atoms with Crippen LogP contribution in [0.2, 0.25) is 0 Å². The van der Waals surface area contributed by atoms with Gasteiger partial charge in [0.05, 0.1) is 6.42 Å². The first-order valence-electron chi connectivity index (χ1n) is 11.8. The fraction of sp³-hybridized carbons (Fsp3) is 0.276. The van der Waals surface area contributed by atoms with Crippen LogP contribution in [0.1, 0.15) is 42.9 Å². The number of nitrogens with zero attached hydrogens (tertiary/aromatic N) is 1. The van der Waals surface area contributed by atoms with Crippen LogP contribution in [0.3, 0.4) is 0 Å². The van der Waals surface area contributed by atoms with Crippen molar-refractivity contribution in [1.29, 1.82) is 0 Å². The highest BCUT2D eigenvalue weighted by Gasteiger charge is 2.37. The van der Waals surface area contributed by atoms with E-state index in [1.807, 2.05) is 78.9 Å². The summed E-state index contributed by atoms with van der Waals surface area (Å²) in [5, 5.41) is 9.41. The van der Waals surface area contributed by atoms with Crippen molar-refractivity contribution in [3.63, 3.8) is 0 Å². The maximum Gasteiger partial charge on any atom is 0.410 e. The maximum atomic E-state index is 13.1. The second-order valence-corrected chi connectivity index (χ2v) is 9.33. The lowest BCUT2D eigenvalue weighted by atomic mass is 9.98. The SMILES string of the molecule is CN(C(=O)OCC1c2ccccc2-c2ccccc21)C(CC(=O)O)C(=O)OC(C)(C)c1ccccc1. The van der Waals surface area contributed by atoms with E-state index in [1.165, 1.54) is 7.05 Å². The summed E-state index contributed by atoms with van der Waals surface area (Å²) in [5.41, 5.74) is 4.03. The van der Waals surface area contributed by atoms with Crippen molar-refractivity contribution in [2.45, 2.75) is 37.8 Å². The van der Waals surface area contributed by atoms with Gasteiger partial charge in [0.15, 0.2) is 0 Å². The van der Waals surface area contributed by atoms with E-state index in [2.05, 4.69) is 0 Å². The summed E-state index contributed by atoms with van der Waals surface area (Å²) in [7, 11) is 1.35. The summed E-state index contributed by atoms with van der Waals surface area (Å²) >= 11 is 0. The van der Waals surface area contributed by atoms with Crippen molar-refractivity contribution in [3.8, 4) is 11.1 Å². The van der Waals surface area contributed by atoms with Gasteiger partial charge >= 0.3 is 18.0 Å². The molecule has 1 aliphatic carbocycles. The molecule has 0 fully saturated rings. The van der Waals surface area contributed by atoms with E-state index < -0.39 is 36.1 Å². The molecular weight excluding hydrogens is 458 g/mol. The van der Waals surface area contributed by atoms with Gasteiger partial charge in [-0.25, -0.2) is 9.59 Å². The van der Waals surface area contributed by atoms with Gasteiger partial charge in [-0.1, -0.05) is 78.9 Å². The van der Waals surface area contributed by atoms with E-state index in [-0.39, 0.29) is 12.5 Å². The van der Waals surface area contributed by atoms with E-state index >= 15 is 0 Å². The third-order valence-electron chi connectivity index (χ3n) is 6.56. The first-order chi connectivity index (χ1) is 17.2. The zero-order chi connectivity index (χ0) is 25.9. The fourth-order valence-electron chi connectivity index (χ4n) is 4.58. The van der Waals surface area contributed by atoms with E-state index in [9.17, 15) is 19.5 Å². The number of hydrogen-bond donors (Lipinski definition) is 1. The number of fused-ring (bicyclic) bond motifs is 3. The molecule has 0 aromatic heterocycles. The van der Waals surface area contributed by atoms with Crippen LogP contribution in [0.25, 0.3) is 11.1 Å². The van der Waals surface area contributed by atoms with Crippen LogP contribution >= 0.6 is 0 Å². The summed E-state index contributed by atoms with van der Waals surface area (Å²) in [5.74, 6) is -2.20. The molecule has 0 saturated carbocycles. The van der Waals surface area contributed by atoms with E-state index in [0.717, 1.165) is 32.7 Å². The number of carbonyl (C=O) groups is 3. The molecule has 1 N–H and O–H groups in total. The summed E-state index contributed by atoms with van der Waals surface area (Å²) < 4.78 is 11.3. The maximum absolute atomic E-state index is 13.1. The largest absolute Gasteiger partial charge is 0.481 e. The molecule has 1 unspecified atom stereocenters. The van der Waals surface area contributed by atoms with Gasteiger partial charge in [-0.3, -0.25) is 9.69 Å². The second kappa shape index (κ2) is 10.2. The molecule has 0 saturated heterocycles. The monoisotopic (exact) mass is 487 g/mol. The second-order valence-electron chi connectivity index (χ2n) is 9.33. The molecule has 0 heterocycles. The number of amides is 1. The van der Waals surface area contributed by atoms with Crippen LogP contribution in [0.4, 0.5) is 4.79 Å². The molecule has 186 valence electrons. The lowest BCUT2D eigenvalue weighted by Gasteiger charge is -2.31. The van der Waals surface area contributed by atoms with Crippen LogP contribution in [-0.4, -0.2) is 47.7 Å². The standard InChI is InChI=1S/C29H29NO6/c1-29(2,19-11-5-4-6-12-19)36-27(33)25(17-26(31)32)30(3)28(34)35-18-24-22-15-9-7-13-20(22)21-14-8-10-16-23(21)24/h4-16,24-25H,17-18H2,1-3H3,(H,31,32). The van der Waals surface area contributed by atoms with Gasteiger partial charge < -0.3 is 14.6 Å². The Morgan fingerprint density at radius 2 is 1.42 bits per heavy atom. The number of carboxylic acids is 1. The number of carbonyl (C=O) groups excluding carboxylic acids is 2. The molecule has 1 amide bonds. The highest BCUT2D eigenvalue weighted by molar-refractivity contribution is 5.86. The summed E-state index contributed by atoms with van der Waals surface area (Å²) in [4.78, 5) is 38.6. The van der Waals surface area contributed by atoms with Crippen molar-refractivity contribution in [2.24, 2.45) is 0 Å². The molecule has 7 heteroatoms. The lowest BCUT2D eigenvalue weighted by Crippen LogP contribution is -2.46. The number of rotatable bonds is 8.